The Hall–Kier alpha value is -3.12. The lowest BCUT2D eigenvalue weighted by molar-refractivity contribution is 0.0697. The fourth-order valence-corrected chi connectivity index (χ4v) is 3.37. The van der Waals surface area contributed by atoms with E-state index in [1.54, 1.807) is 6.20 Å². The topological polar surface area (TPSA) is 67.2 Å². The first-order valence-corrected chi connectivity index (χ1v) is 9.18. The van der Waals surface area contributed by atoms with E-state index in [9.17, 15) is 9.90 Å². The molecule has 5 nitrogen and oxygen atoms in total. The highest BCUT2D eigenvalue weighted by Gasteiger charge is 2.13. The Bertz CT molecular complexity index is 1120. The SMILES string of the molecule is O=C(O)c1cc(Br)cnc1Nc1ccc2c(ccn2Cc2ccccc2)c1. The number of carbonyl (C=O) groups is 1. The Balaban J connectivity index is 1.63. The minimum absolute atomic E-state index is 0.117. The second-order valence-electron chi connectivity index (χ2n) is 6.18. The van der Waals surface area contributed by atoms with Crippen molar-refractivity contribution in [3.05, 3.63) is 88.7 Å². The average molecular weight is 422 g/mol. The maximum atomic E-state index is 11.4. The molecule has 2 heterocycles. The largest absolute Gasteiger partial charge is 0.478 e. The van der Waals surface area contributed by atoms with E-state index in [4.69, 9.17) is 0 Å². The van der Waals surface area contributed by atoms with Crippen LogP contribution >= 0.6 is 15.9 Å². The molecule has 0 aliphatic carbocycles. The van der Waals surface area contributed by atoms with E-state index in [-0.39, 0.29) is 5.56 Å². The number of hydrogen-bond acceptors (Lipinski definition) is 3. The molecule has 0 bridgehead atoms. The van der Waals surface area contributed by atoms with Crippen molar-refractivity contribution in [2.45, 2.75) is 6.54 Å². The van der Waals surface area contributed by atoms with Crippen molar-refractivity contribution < 1.29 is 9.90 Å². The summed E-state index contributed by atoms with van der Waals surface area (Å²) < 4.78 is 2.81. The highest BCUT2D eigenvalue weighted by Crippen LogP contribution is 2.26. The van der Waals surface area contributed by atoms with Gasteiger partial charge in [0.15, 0.2) is 0 Å². The summed E-state index contributed by atoms with van der Waals surface area (Å²) in [6.45, 7) is 0.800. The third kappa shape index (κ3) is 3.71. The van der Waals surface area contributed by atoms with Crippen molar-refractivity contribution in [3.63, 3.8) is 0 Å². The zero-order valence-corrected chi connectivity index (χ0v) is 15.8. The molecule has 0 fully saturated rings. The lowest BCUT2D eigenvalue weighted by Crippen LogP contribution is -2.05. The summed E-state index contributed by atoms with van der Waals surface area (Å²) in [7, 11) is 0. The highest BCUT2D eigenvalue weighted by atomic mass is 79.9. The molecular formula is C21H16BrN3O2. The standard InChI is InChI=1S/C21H16BrN3O2/c22-16-11-18(21(26)27)20(23-12-16)24-17-6-7-19-15(10-17)8-9-25(19)13-14-4-2-1-3-5-14/h1-12H,13H2,(H,23,24)(H,26,27). The number of pyridine rings is 1. The molecule has 0 aliphatic heterocycles. The lowest BCUT2D eigenvalue weighted by Gasteiger charge is -2.10. The van der Waals surface area contributed by atoms with E-state index in [2.05, 4.69) is 55.2 Å². The molecule has 27 heavy (non-hydrogen) atoms. The Labute approximate surface area is 164 Å². The number of hydrogen-bond donors (Lipinski definition) is 2. The summed E-state index contributed by atoms with van der Waals surface area (Å²) in [4.78, 5) is 15.6. The number of nitrogens with one attached hydrogen (secondary N) is 1. The smallest absolute Gasteiger partial charge is 0.339 e. The predicted molar refractivity (Wildman–Crippen MR) is 110 cm³/mol. The molecule has 6 heteroatoms. The first kappa shape index (κ1) is 17.3. The molecule has 0 aliphatic rings. The van der Waals surface area contributed by atoms with Crippen LogP contribution in [0.3, 0.4) is 0 Å². The Morgan fingerprint density at radius 3 is 2.70 bits per heavy atom. The molecule has 134 valence electrons. The number of benzene rings is 2. The number of carboxylic acid groups (broad SMARTS) is 1. The summed E-state index contributed by atoms with van der Waals surface area (Å²) in [5.74, 6) is -0.713. The second-order valence-corrected chi connectivity index (χ2v) is 7.10. The monoisotopic (exact) mass is 421 g/mol. The molecule has 0 unspecified atom stereocenters. The molecule has 0 atom stereocenters. The van der Waals surface area contributed by atoms with Crippen LogP contribution in [0.15, 0.2) is 77.5 Å². The second kappa shape index (κ2) is 7.25. The Kier molecular flexibility index (Phi) is 4.64. The van der Waals surface area contributed by atoms with Crippen molar-refractivity contribution in [1.29, 1.82) is 0 Å². The summed E-state index contributed by atoms with van der Waals surface area (Å²) in [5.41, 5.74) is 3.26. The van der Waals surface area contributed by atoms with Crippen LogP contribution in [0.1, 0.15) is 15.9 Å². The first-order valence-electron chi connectivity index (χ1n) is 8.39. The van der Waals surface area contributed by atoms with Crippen LogP contribution in [0.25, 0.3) is 10.9 Å². The molecule has 2 N–H and O–H groups in total. The van der Waals surface area contributed by atoms with Gasteiger partial charge in [-0.25, -0.2) is 9.78 Å². The van der Waals surface area contributed by atoms with Crippen molar-refractivity contribution in [2.24, 2.45) is 0 Å². The predicted octanol–water partition coefficient (Wildman–Crippen LogP) is 5.29. The number of anilines is 2. The number of nitrogens with zero attached hydrogens (tertiary/aromatic N) is 2. The maximum Gasteiger partial charge on any atom is 0.339 e. The normalized spacial score (nSPS) is 10.9. The zero-order chi connectivity index (χ0) is 18.8. The van der Waals surface area contributed by atoms with Gasteiger partial charge in [-0.15, -0.1) is 0 Å². The van der Waals surface area contributed by atoms with Gasteiger partial charge in [0.2, 0.25) is 0 Å². The van der Waals surface area contributed by atoms with E-state index in [0.717, 1.165) is 23.1 Å². The lowest BCUT2D eigenvalue weighted by atomic mass is 10.2. The van der Waals surface area contributed by atoms with Crippen molar-refractivity contribution in [3.8, 4) is 0 Å². The summed E-state index contributed by atoms with van der Waals surface area (Å²) >= 11 is 3.26. The van der Waals surface area contributed by atoms with Gasteiger partial charge < -0.3 is 15.0 Å². The zero-order valence-electron chi connectivity index (χ0n) is 14.3. The van der Waals surface area contributed by atoms with E-state index in [0.29, 0.717) is 10.3 Å². The Morgan fingerprint density at radius 1 is 1.11 bits per heavy atom. The van der Waals surface area contributed by atoms with Gasteiger partial charge in [-0.1, -0.05) is 30.3 Å². The molecule has 4 rings (SSSR count). The van der Waals surface area contributed by atoms with Crippen LogP contribution in [0, 0.1) is 0 Å². The summed E-state index contributed by atoms with van der Waals surface area (Å²) in [5, 5.41) is 13.6. The van der Waals surface area contributed by atoms with Gasteiger partial charge in [-0.2, -0.15) is 0 Å². The highest BCUT2D eigenvalue weighted by molar-refractivity contribution is 9.10. The molecular weight excluding hydrogens is 406 g/mol. The van der Waals surface area contributed by atoms with Crippen LogP contribution in [-0.4, -0.2) is 20.6 Å². The minimum atomic E-state index is -1.03. The van der Waals surface area contributed by atoms with Crippen LogP contribution < -0.4 is 5.32 Å². The van der Waals surface area contributed by atoms with E-state index in [1.165, 1.54) is 11.6 Å². The van der Waals surface area contributed by atoms with Crippen LogP contribution in [0.5, 0.6) is 0 Å². The fraction of sp³-hybridized carbons (Fsp3) is 0.0476. The van der Waals surface area contributed by atoms with E-state index < -0.39 is 5.97 Å². The summed E-state index contributed by atoms with van der Waals surface area (Å²) in [6.07, 6.45) is 3.63. The molecule has 2 aromatic carbocycles. The van der Waals surface area contributed by atoms with Crippen molar-refractivity contribution >= 4 is 44.3 Å². The number of carboxylic acids is 1. The van der Waals surface area contributed by atoms with Gasteiger partial charge in [0, 0.05) is 40.0 Å². The van der Waals surface area contributed by atoms with Crippen LogP contribution in [0.2, 0.25) is 0 Å². The van der Waals surface area contributed by atoms with Crippen LogP contribution in [-0.2, 0) is 6.54 Å². The maximum absolute atomic E-state index is 11.4. The average Bonchev–Trinajstić information content (AvgIpc) is 3.06. The third-order valence-corrected chi connectivity index (χ3v) is 4.75. The Morgan fingerprint density at radius 2 is 1.93 bits per heavy atom. The van der Waals surface area contributed by atoms with Crippen molar-refractivity contribution in [2.75, 3.05) is 5.32 Å². The number of halogens is 1. The molecule has 4 aromatic rings. The number of aromatic nitrogens is 2. The number of fused-ring (bicyclic) bond motifs is 1. The van der Waals surface area contributed by atoms with Gasteiger partial charge >= 0.3 is 5.97 Å². The van der Waals surface area contributed by atoms with E-state index >= 15 is 0 Å². The van der Waals surface area contributed by atoms with Gasteiger partial charge in [-0.3, -0.25) is 0 Å². The molecule has 0 radical (unpaired) electrons. The molecule has 0 saturated carbocycles. The van der Waals surface area contributed by atoms with E-state index in [1.807, 2.05) is 36.4 Å². The number of aromatic carboxylic acids is 1. The molecule has 0 spiro atoms. The van der Waals surface area contributed by atoms with Gasteiger partial charge in [0.1, 0.15) is 11.4 Å². The molecule has 0 amide bonds. The fourth-order valence-electron chi connectivity index (χ4n) is 3.03. The van der Waals surface area contributed by atoms with Crippen molar-refractivity contribution in [1.82, 2.24) is 9.55 Å². The van der Waals surface area contributed by atoms with Gasteiger partial charge in [0.05, 0.1) is 0 Å². The minimum Gasteiger partial charge on any atom is -0.478 e. The molecule has 2 aromatic heterocycles. The third-order valence-electron chi connectivity index (χ3n) is 4.31. The first-order chi connectivity index (χ1) is 13.1. The van der Waals surface area contributed by atoms with Gasteiger partial charge in [0.25, 0.3) is 0 Å². The molecule has 0 saturated heterocycles. The van der Waals surface area contributed by atoms with Gasteiger partial charge in [-0.05, 0) is 51.8 Å². The number of rotatable bonds is 5. The van der Waals surface area contributed by atoms with Crippen LogP contribution in [0.4, 0.5) is 11.5 Å². The summed E-state index contributed by atoms with van der Waals surface area (Å²) in [6, 6.07) is 19.8. The quantitative estimate of drug-likeness (QED) is 0.459.